The van der Waals surface area contributed by atoms with Crippen LogP contribution in [0.1, 0.15) is 12.5 Å². The summed E-state index contributed by atoms with van der Waals surface area (Å²) in [6.07, 6.45) is 1.66. The summed E-state index contributed by atoms with van der Waals surface area (Å²) in [5.41, 5.74) is 7.62. The number of hydrogen-bond donors (Lipinski definition) is 1. The summed E-state index contributed by atoms with van der Waals surface area (Å²) in [6, 6.07) is 10.3. The van der Waals surface area contributed by atoms with Gasteiger partial charge in [0.15, 0.2) is 0 Å². The van der Waals surface area contributed by atoms with Crippen LogP contribution < -0.4 is 10.6 Å². The second-order valence-corrected chi connectivity index (χ2v) is 4.04. The Hall–Kier alpha value is -2.10. The molecule has 4 heteroatoms. The average molecular weight is 245 g/mol. The second-order valence-electron chi connectivity index (χ2n) is 4.04. The monoisotopic (exact) mass is 245 g/mol. The SMILES string of the molecule is CCN(Cc1cccnc1N)c1cccc(F)c1. The van der Waals surface area contributed by atoms with Crippen molar-refractivity contribution in [3.05, 3.63) is 54.0 Å². The molecule has 0 radical (unpaired) electrons. The molecule has 18 heavy (non-hydrogen) atoms. The normalized spacial score (nSPS) is 10.3. The molecule has 2 N–H and O–H groups in total. The number of nitrogens with zero attached hydrogens (tertiary/aromatic N) is 2. The molecule has 0 bridgehead atoms. The topological polar surface area (TPSA) is 42.2 Å². The smallest absolute Gasteiger partial charge is 0.128 e. The molecule has 0 aliphatic carbocycles. The first kappa shape index (κ1) is 12.4. The van der Waals surface area contributed by atoms with Crippen LogP contribution in [0.15, 0.2) is 42.6 Å². The van der Waals surface area contributed by atoms with Crippen LogP contribution >= 0.6 is 0 Å². The fourth-order valence-electron chi connectivity index (χ4n) is 1.85. The van der Waals surface area contributed by atoms with Gasteiger partial charge in [0.25, 0.3) is 0 Å². The van der Waals surface area contributed by atoms with Gasteiger partial charge in [-0.15, -0.1) is 0 Å². The first-order valence-corrected chi connectivity index (χ1v) is 5.90. The van der Waals surface area contributed by atoms with Crippen molar-refractivity contribution in [2.75, 3.05) is 17.2 Å². The lowest BCUT2D eigenvalue weighted by molar-refractivity contribution is 0.626. The molecule has 0 aliphatic rings. The number of benzene rings is 1. The van der Waals surface area contributed by atoms with Gasteiger partial charge < -0.3 is 10.6 Å². The Balaban J connectivity index is 2.23. The Morgan fingerprint density at radius 2 is 2.11 bits per heavy atom. The Bertz CT molecular complexity index is 528. The molecule has 0 amide bonds. The molecule has 0 spiro atoms. The molecule has 94 valence electrons. The number of anilines is 2. The highest BCUT2D eigenvalue weighted by atomic mass is 19.1. The van der Waals surface area contributed by atoms with E-state index in [4.69, 9.17) is 5.73 Å². The van der Waals surface area contributed by atoms with E-state index in [1.165, 1.54) is 12.1 Å². The largest absolute Gasteiger partial charge is 0.383 e. The molecule has 1 heterocycles. The van der Waals surface area contributed by atoms with E-state index in [0.717, 1.165) is 17.8 Å². The quantitative estimate of drug-likeness (QED) is 0.900. The van der Waals surface area contributed by atoms with Gasteiger partial charge in [-0.3, -0.25) is 0 Å². The third-order valence-corrected chi connectivity index (χ3v) is 2.84. The van der Waals surface area contributed by atoms with Crippen LogP contribution in [-0.4, -0.2) is 11.5 Å². The predicted octanol–water partition coefficient (Wildman–Crippen LogP) is 2.83. The van der Waals surface area contributed by atoms with E-state index in [1.54, 1.807) is 12.3 Å². The zero-order valence-electron chi connectivity index (χ0n) is 10.3. The van der Waals surface area contributed by atoms with E-state index in [1.807, 2.05) is 25.1 Å². The van der Waals surface area contributed by atoms with Crippen LogP contribution in [0.5, 0.6) is 0 Å². The molecular formula is C14H16FN3. The van der Waals surface area contributed by atoms with E-state index in [2.05, 4.69) is 9.88 Å². The zero-order chi connectivity index (χ0) is 13.0. The molecule has 3 nitrogen and oxygen atoms in total. The highest BCUT2D eigenvalue weighted by molar-refractivity contribution is 5.49. The van der Waals surface area contributed by atoms with E-state index in [9.17, 15) is 4.39 Å². The van der Waals surface area contributed by atoms with Crippen molar-refractivity contribution in [3.63, 3.8) is 0 Å². The van der Waals surface area contributed by atoms with E-state index >= 15 is 0 Å². The zero-order valence-corrected chi connectivity index (χ0v) is 10.3. The van der Waals surface area contributed by atoms with Gasteiger partial charge in [-0.2, -0.15) is 0 Å². The minimum atomic E-state index is -0.231. The molecule has 2 rings (SSSR count). The standard InChI is InChI=1S/C14H16FN3/c1-2-18(13-7-3-6-12(15)9-13)10-11-5-4-8-17-14(11)16/h3-9H,2,10H2,1H3,(H2,16,17). The molecule has 0 saturated heterocycles. The molecule has 0 atom stereocenters. The predicted molar refractivity (Wildman–Crippen MR) is 71.8 cm³/mol. The minimum absolute atomic E-state index is 0.231. The summed E-state index contributed by atoms with van der Waals surface area (Å²) in [5, 5.41) is 0. The fourth-order valence-corrected chi connectivity index (χ4v) is 1.85. The van der Waals surface area contributed by atoms with Crippen molar-refractivity contribution >= 4 is 11.5 Å². The molecule has 0 unspecified atom stereocenters. The van der Waals surface area contributed by atoms with Crippen molar-refractivity contribution in [2.24, 2.45) is 0 Å². The maximum atomic E-state index is 13.2. The van der Waals surface area contributed by atoms with Crippen molar-refractivity contribution in [1.29, 1.82) is 0 Å². The first-order valence-electron chi connectivity index (χ1n) is 5.90. The minimum Gasteiger partial charge on any atom is -0.383 e. The van der Waals surface area contributed by atoms with Crippen LogP contribution in [0.25, 0.3) is 0 Å². The maximum Gasteiger partial charge on any atom is 0.128 e. The van der Waals surface area contributed by atoms with Gasteiger partial charge in [0.05, 0.1) is 0 Å². The van der Waals surface area contributed by atoms with Gasteiger partial charge in [0, 0.05) is 30.5 Å². The van der Waals surface area contributed by atoms with Crippen molar-refractivity contribution < 1.29 is 4.39 Å². The van der Waals surface area contributed by atoms with Crippen LogP contribution in [0, 0.1) is 5.82 Å². The summed E-state index contributed by atoms with van der Waals surface area (Å²) in [6.45, 7) is 3.43. The molecule has 0 fully saturated rings. The van der Waals surface area contributed by atoms with Crippen molar-refractivity contribution in [1.82, 2.24) is 4.98 Å². The number of nitrogen functional groups attached to an aromatic ring is 1. The molecule has 0 aliphatic heterocycles. The fraction of sp³-hybridized carbons (Fsp3) is 0.214. The van der Waals surface area contributed by atoms with Gasteiger partial charge in [-0.1, -0.05) is 12.1 Å². The number of hydrogen-bond acceptors (Lipinski definition) is 3. The summed E-state index contributed by atoms with van der Waals surface area (Å²) in [5.74, 6) is 0.289. The summed E-state index contributed by atoms with van der Waals surface area (Å²) < 4.78 is 13.2. The third-order valence-electron chi connectivity index (χ3n) is 2.84. The summed E-state index contributed by atoms with van der Waals surface area (Å²) in [7, 11) is 0. The van der Waals surface area contributed by atoms with Gasteiger partial charge >= 0.3 is 0 Å². The molecule has 1 aromatic heterocycles. The third kappa shape index (κ3) is 2.77. The van der Waals surface area contributed by atoms with E-state index in [0.29, 0.717) is 12.4 Å². The van der Waals surface area contributed by atoms with Gasteiger partial charge in [-0.05, 0) is 31.2 Å². The maximum absolute atomic E-state index is 13.2. The molecule has 1 aromatic carbocycles. The number of aromatic nitrogens is 1. The Labute approximate surface area is 106 Å². The lowest BCUT2D eigenvalue weighted by atomic mass is 10.2. The van der Waals surface area contributed by atoms with Crippen molar-refractivity contribution in [3.8, 4) is 0 Å². The van der Waals surface area contributed by atoms with Gasteiger partial charge in [0.2, 0.25) is 0 Å². The number of halogens is 1. The van der Waals surface area contributed by atoms with E-state index < -0.39 is 0 Å². The summed E-state index contributed by atoms with van der Waals surface area (Å²) >= 11 is 0. The number of rotatable bonds is 4. The Morgan fingerprint density at radius 3 is 2.78 bits per heavy atom. The lowest BCUT2D eigenvalue weighted by Gasteiger charge is -2.23. The van der Waals surface area contributed by atoms with Crippen LogP contribution in [-0.2, 0) is 6.54 Å². The first-order chi connectivity index (χ1) is 8.70. The molecule has 2 aromatic rings. The van der Waals surface area contributed by atoms with Crippen molar-refractivity contribution in [2.45, 2.75) is 13.5 Å². The van der Waals surface area contributed by atoms with Crippen LogP contribution in [0.2, 0.25) is 0 Å². The number of nitrogens with two attached hydrogens (primary N) is 1. The molecular weight excluding hydrogens is 229 g/mol. The van der Waals surface area contributed by atoms with Gasteiger partial charge in [-0.25, -0.2) is 9.37 Å². The Morgan fingerprint density at radius 1 is 1.28 bits per heavy atom. The van der Waals surface area contributed by atoms with E-state index in [-0.39, 0.29) is 5.82 Å². The average Bonchev–Trinajstić information content (AvgIpc) is 2.38. The highest BCUT2D eigenvalue weighted by Gasteiger charge is 2.08. The van der Waals surface area contributed by atoms with Gasteiger partial charge in [0.1, 0.15) is 11.6 Å². The Kier molecular flexibility index (Phi) is 3.77. The number of pyridine rings is 1. The highest BCUT2D eigenvalue weighted by Crippen LogP contribution is 2.19. The summed E-state index contributed by atoms with van der Waals surface area (Å²) in [4.78, 5) is 6.11. The second kappa shape index (κ2) is 5.49. The lowest BCUT2D eigenvalue weighted by Crippen LogP contribution is -2.22. The van der Waals surface area contributed by atoms with Crippen LogP contribution in [0.4, 0.5) is 15.9 Å². The van der Waals surface area contributed by atoms with Crippen LogP contribution in [0.3, 0.4) is 0 Å². The molecule has 0 saturated carbocycles.